The number of methoxy groups -OCH3 is 1. The highest BCUT2D eigenvalue weighted by Crippen LogP contribution is 2.30. The van der Waals surface area contributed by atoms with Crippen molar-refractivity contribution < 1.29 is 4.74 Å². The zero-order valence-electron chi connectivity index (χ0n) is 11.6. The van der Waals surface area contributed by atoms with E-state index in [9.17, 15) is 0 Å². The Balaban J connectivity index is 2.36. The van der Waals surface area contributed by atoms with Crippen LogP contribution in [0.5, 0.6) is 5.75 Å². The maximum Gasteiger partial charge on any atom is 0.164 e. The molecule has 0 N–H and O–H groups in total. The van der Waals surface area contributed by atoms with Crippen LogP contribution in [0.4, 0.5) is 0 Å². The molecule has 0 amide bonds. The van der Waals surface area contributed by atoms with E-state index in [0.29, 0.717) is 5.88 Å². The van der Waals surface area contributed by atoms with Crippen molar-refractivity contribution in [3.05, 3.63) is 46.3 Å². The zero-order valence-corrected chi connectivity index (χ0v) is 13.9. The second-order valence-electron chi connectivity index (χ2n) is 4.67. The summed E-state index contributed by atoms with van der Waals surface area (Å²) in [6.07, 6.45) is 1.75. The summed E-state index contributed by atoms with van der Waals surface area (Å²) in [4.78, 5) is 9.03. The van der Waals surface area contributed by atoms with Gasteiger partial charge in [-0.2, -0.15) is 0 Å². The van der Waals surface area contributed by atoms with Crippen LogP contribution in [0, 0.1) is 6.92 Å². The normalized spacial score (nSPS) is 11.0. The summed E-state index contributed by atoms with van der Waals surface area (Å²) in [5.74, 6) is 1.79. The summed E-state index contributed by atoms with van der Waals surface area (Å²) in [5, 5.41) is 0. The first-order valence-corrected chi connectivity index (χ1v) is 7.70. The number of ether oxygens (including phenoxy) is 1. The fourth-order valence-corrected chi connectivity index (χ4v) is 2.80. The van der Waals surface area contributed by atoms with Crippen molar-refractivity contribution in [2.45, 2.75) is 12.8 Å². The lowest BCUT2D eigenvalue weighted by molar-refractivity contribution is 0.412. The molecule has 0 spiro atoms. The largest absolute Gasteiger partial charge is 0.495 e. The van der Waals surface area contributed by atoms with Gasteiger partial charge in [0.1, 0.15) is 17.1 Å². The molecule has 6 heteroatoms. The second-order valence-corrected chi connectivity index (χ2v) is 5.85. The van der Waals surface area contributed by atoms with E-state index < -0.39 is 0 Å². The molecule has 0 aliphatic rings. The SMILES string of the molecule is COc1ccc(C)cc1-n1c(CCl)nc2cc(Br)cnc21. The topological polar surface area (TPSA) is 39.9 Å². The smallest absolute Gasteiger partial charge is 0.164 e. The third-order valence-corrected chi connectivity index (χ3v) is 3.90. The van der Waals surface area contributed by atoms with E-state index in [4.69, 9.17) is 16.3 Å². The minimum atomic E-state index is 0.297. The molecule has 0 radical (unpaired) electrons. The van der Waals surface area contributed by atoms with Crippen molar-refractivity contribution in [2.75, 3.05) is 7.11 Å². The standard InChI is InChI=1S/C15H13BrClN3O/c1-9-3-4-13(21-2)12(5-9)20-14(7-17)19-11-6-10(16)8-18-15(11)20/h3-6,8H,7H2,1-2H3. The average Bonchev–Trinajstić information content (AvgIpc) is 2.84. The van der Waals surface area contributed by atoms with Gasteiger partial charge in [0.05, 0.1) is 18.7 Å². The van der Waals surface area contributed by atoms with Gasteiger partial charge in [0.25, 0.3) is 0 Å². The van der Waals surface area contributed by atoms with Gasteiger partial charge in [0, 0.05) is 10.7 Å². The maximum atomic E-state index is 6.06. The lowest BCUT2D eigenvalue weighted by Crippen LogP contribution is -2.03. The van der Waals surface area contributed by atoms with E-state index in [1.54, 1.807) is 13.3 Å². The number of pyridine rings is 1. The zero-order chi connectivity index (χ0) is 15.0. The molecular weight excluding hydrogens is 354 g/mol. The Morgan fingerprint density at radius 2 is 2.14 bits per heavy atom. The fourth-order valence-electron chi connectivity index (χ4n) is 2.30. The van der Waals surface area contributed by atoms with E-state index in [1.165, 1.54) is 0 Å². The van der Waals surface area contributed by atoms with Crippen molar-refractivity contribution in [3.8, 4) is 11.4 Å². The number of nitrogens with zero attached hydrogens (tertiary/aromatic N) is 3. The van der Waals surface area contributed by atoms with Gasteiger partial charge >= 0.3 is 0 Å². The molecular formula is C15H13BrClN3O. The predicted octanol–water partition coefficient (Wildman–Crippen LogP) is 4.24. The number of benzene rings is 1. The van der Waals surface area contributed by atoms with E-state index in [0.717, 1.165) is 38.5 Å². The van der Waals surface area contributed by atoms with Gasteiger partial charge in [-0.1, -0.05) is 6.07 Å². The lowest BCUT2D eigenvalue weighted by atomic mass is 10.2. The predicted molar refractivity (Wildman–Crippen MR) is 87.4 cm³/mol. The van der Waals surface area contributed by atoms with Gasteiger partial charge in [0.2, 0.25) is 0 Å². The van der Waals surface area contributed by atoms with Gasteiger partial charge in [-0.05, 0) is 46.6 Å². The number of imidazole rings is 1. The van der Waals surface area contributed by atoms with Crippen LogP contribution in [0.1, 0.15) is 11.4 Å². The molecule has 21 heavy (non-hydrogen) atoms. The van der Waals surface area contributed by atoms with E-state index >= 15 is 0 Å². The molecule has 2 heterocycles. The molecule has 3 rings (SSSR count). The van der Waals surface area contributed by atoms with Gasteiger partial charge in [-0.3, -0.25) is 4.57 Å². The number of rotatable bonds is 3. The molecule has 2 aromatic heterocycles. The Labute approximate surface area is 135 Å². The number of hydrogen-bond donors (Lipinski definition) is 0. The van der Waals surface area contributed by atoms with Crippen molar-refractivity contribution in [2.24, 2.45) is 0 Å². The van der Waals surface area contributed by atoms with Crippen molar-refractivity contribution in [1.29, 1.82) is 0 Å². The van der Waals surface area contributed by atoms with Crippen LogP contribution >= 0.6 is 27.5 Å². The van der Waals surface area contributed by atoms with Crippen molar-refractivity contribution in [1.82, 2.24) is 14.5 Å². The average molecular weight is 367 g/mol. The van der Waals surface area contributed by atoms with Gasteiger partial charge in [-0.15, -0.1) is 11.6 Å². The number of aryl methyl sites for hydroxylation is 1. The highest BCUT2D eigenvalue weighted by molar-refractivity contribution is 9.10. The summed E-state index contributed by atoms with van der Waals surface area (Å²) in [6.45, 7) is 2.03. The number of halogens is 2. The van der Waals surface area contributed by atoms with E-state index in [1.807, 2.05) is 35.8 Å². The van der Waals surface area contributed by atoms with Crippen LogP contribution in [-0.2, 0) is 5.88 Å². The van der Waals surface area contributed by atoms with Crippen molar-refractivity contribution in [3.63, 3.8) is 0 Å². The first kappa shape index (κ1) is 14.4. The molecule has 0 saturated heterocycles. The van der Waals surface area contributed by atoms with Crippen LogP contribution < -0.4 is 4.74 Å². The quantitative estimate of drug-likeness (QED) is 0.651. The molecule has 0 atom stereocenters. The van der Waals surface area contributed by atoms with Crippen LogP contribution in [0.2, 0.25) is 0 Å². The summed E-state index contributed by atoms with van der Waals surface area (Å²) in [5.41, 5.74) is 3.58. The molecule has 0 saturated carbocycles. The molecule has 0 aliphatic carbocycles. The van der Waals surface area contributed by atoms with Crippen LogP contribution in [0.3, 0.4) is 0 Å². The van der Waals surface area contributed by atoms with Crippen LogP contribution in [0.25, 0.3) is 16.9 Å². The monoisotopic (exact) mass is 365 g/mol. The molecule has 0 unspecified atom stereocenters. The third kappa shape index (κ3) is 2.51. The lowest BCUT2D eigenvalue weighted by Gasteiger charge is -2.12. The first-order chi connectivity index (χ1) is 10.1. The highest BCUT2D eigenvalue weighted by atomic mass is 79.9. The summed E-state index contributed by atoms with van der Waals surface area (Å²) < 4.78 is 8.30. The molecule has 108 valence electrons. The maximum absolute atomic E-state index is 6.06. The minimum Gasteiger partial charge on any atom is -0.495 e. The second kappa shape index (κ2) is 5.66. The number of hydrogen-bond acceptors (Lipinski definition) is 3. The van der Waals surface area contributed by atoms with E-state index in [-0.39, 0.29) is 0 Å². The minimum absolute atomic E-state index is 0.297. The molecule has 0 fully saturated rings. The molecule has 0 bridgehead atoms. The summed E-state index contributed by atoms with van der Waals surface area (Å²) in [7, 11) is 1.65. The molecule has 4 nitrogen and oxygen atoms in total. The number of fused-ring (bicyclic) bond motifs is 1. The third-order valence-electron chi connectivity index (χ3n) is 3.23. The number of alkyl halides is 1. The molecule has 0 aliphatic heterocycles. The Morgan fingerprint density at radius 1 is 1.33 bits per heavy atom. The van der Waals surface area contributed by atoms with Crippen LogP contribution in [0.15, 0.2) is 34.9 Å². The number of aromatic nitrogens is 3. The Bertz CT molecular complexity index is 816. The highest BCUT2D eigenvalue weighted by Gasteiger charge is 2.16. The molecule has 3 aromatic rings. The van der Waals surface area contributed by atoms with E-state index in [2.05, 4.69) is 25.9 Å². The summed E-state index contributed by atoms with van der Waals surface area (Å²) in [6, 6.07) is 7.91. The van der Waals surface area contributed by atoms with Crippen LogP contribution in [-0.4, -0.2) is 21.6 Å². The first-order valence-electron chi connectivity index (χ1n) is 6.38. The Kier molecular flexibility index (Phi) is 3.87. The van der Waals surface area contributed by atoms with Gasteiger partial charge in [0.15, 0.2) is 5.65 Å². The van der Waals surface area contributed by atoms with Gasteiger partial charge in [-0.25, -0.2) is 9.97 Å². The fraction of sp³-hybridized carbons (Fsp3) is 0.200. The van der Waals surface area contributed by atoms with Gasteiger partial charge < -0.3 is 4.74 Å². The Morgan fingerprint density at radius 3 is 2.86 bits per heavy atom. The molecule has 1 aromatic carbocycles. The summed E-state index contributed by atoms with van der Waals surface area (Å²) >= 11 is 9.48. The van der Waals surface area contributed by atoms with Crippen molar-refractivity contribution >= 4 is 38.7 Å². The Hall–Kier alpha value is -1.59.